The smallest absolute Gasteiger partial charge is 0.256 e. The summed E-state index contributed by atoms with van der Waals surface area (Å²) >= 11 is 6.23. The van der Waals surface area contributed by atoms with Crippen LogP contribution in [0.5, 0.6) is 0 Å². The summed E-state index contributed by atoms with van der Waals surface area (Å²) in [7, 11) is 0. The molecule has 1 N–H and O–H groups in total. The Labute approximate surface area is 219 Å². The Morgan fingerprint density at radius 3 is 2.57 bits per heavy atom. The number of ether oxygens (including phenoxy) is 2. The molecule has 0 aliphatic carbocycles. The Hall–Kier alpha value is -3.01. The van der Waals surface area contributed by atoms with E-state index in [1.165, 1.54) is 23.1 Å². The number of hydrogen-bond acceptors (Lipinski definition) is 5. The van der Waals surface area contributed by atoms with E-state index in [2.05, 4.69) is 5.32 Å². The minimum absolute atomic E-state index is 0.0108. The van der Waals surface area contributed by atoms with E-state index < -0.39 is 23.5 Å². The monoisotopic (exact) mass is 529 g/mol. The van der Waals surface area contributed by atoms with Gasteiger partial charge in [-0.15, -0.1) is 0 Å². The summed E-state index contributed by atoms with van der Waals surface area (Å²) in [5.74, 6) is -1.57. The van der Waals surface area contributed by atoms with Gasteiger partial charge in [-0.2, -0.15) is 0 Å². The summed E-state index contributed by atoms with van der Waals surface area (Å²) < 4.78 is 25.8. The molecule has 10 heteroatoms. The van der Waals surface area contributed by atoms with Gasteiger partial charge in [0.25, 0.3) is 11.8 Å². The highest BCUT2D eigenvalue weighted by atomic mass is 35.5. The molecule has 3 fully saturated rings. The molecule has 3 amide bonds. The molecule has 2 aromatic carbocycles. The maximum absolute atomic E-state index is 14.0. The predicted octanol–water partition coefficient (Wildman–Crippen LogP) is 3.25. The van der Waals surface area contributed by atoms with Gasteiger partial charge in [0, 0.05) is 44.6 Å². The number of carbonyl (C=O) groups excluding carboxylic acids is 3. The molecular formula is C27H29ClFN3O5. The first kappa shape index (κ1) is 25.6. The van der Waals surface area contributed by atoms with Crippen LogP contribution in [0.2, 0.25) is 5.02 Å². The van der Waals surface area contributed by atoms with Gasteiger partial charge in [0.2, 0.25) is 5.91 Å². The Bertz CT molecular complexity index is 1180. The van der Waals surface area contributed by atoms with E-state index in [9.17, 15) is 18.8 Å². The summed E-state index contributed by atoms with van der Waals surface area (Å²) in [5.41, 5.74) is -0.546. The molecule has 0 radical (unpaired) electrons. The van der Waals surface area contributed by atoms with Crippen LogP contribution in [0.1, 0.15) is 46.4 Å². The van der Waals surface area contributed by atoms with Crippen molar-refractivity contribution in [3.63, 3.8) is 0 Å². The number of nitrogens with one attached hydrogen (secondary N) is 1. The maximum atomic E-state index is 14.0. The molecule has 196 valence electrons. The molecule has 0 aromatic heterocycles. The van der Waals surface area contributed by atoms with Crippen LogP contribution in [0, 0.1) is 5.82 Å². The molecule has 0 bridgehead atoms. The summed E-state index contributed by atoms with van der Waals surface area (Å²) in [6.07, 6.45) is 2.38. The molecule has 1 spiro atoms. The largest absolute Gasteiger partial charge is 0.376 e. The molecule has 0 unspecified atom stereocenters. The van der Waals surface area contributed by atoms with Gasteiger partial charge in [-0.05, 0) is 43.2 Å². The third-order valence-electron chi connectivity index (χ3n) is 7.32. The van der Waals surface area contributed by atoms with Crippen LogP contribution in [0.3, 0.4) is 0 Å². The average Bonchev–Trinajstić information content (AvgIpc) is 3.56. The fourth-order valence-electron chi connectivity index (χ4n) is 5.33. The fraction of sp³-hybridized carbons (Fsp3) is 0.444. The number of piperidine rings is 1. The van der Waals surface area contributed by atoms with E-state index in [-0.39, 0.29) is 30.1 Å². The zero-order valence-corrected chi connectivity index (χ0v) is 21.1. The van der Waals surface area contributed by atoms with Crippen LogP contribution in [-0.4, -0.2) is 78.2 Å². The zero-order chi connectivity index (χ0) is 26.0. The molecule has 0 saturated carbocycles. The van der Waals surface area contributed by atoms with Crippen molar-refractivity contribution in [3.8, 4) is 0 Å². The third kappa shape index (κ3) is 5.21. The molecular weight excluding hydrogens is 501 g/mol. The predicted molar refractivity (Wildman–Crippen MR) is 134 cm³/mol. The maximum Gasteiger partial charge on any atom is 0.256 e. The van der Waals surface area contributed by atoms with Crippen molar-refractivity contribution in [2.75, 3.05) is 32.8 Å². The molecule has 2 aromatic rings. The van der Waals surface area contributed by atoms with Crippen LogP contribution >= 0.6 is 11.6 Å². The van der Waals surface area contributed by atoms with Crippen LogP contribution in [0.4, 0.5) is 4.39 Å². The van der Waals surface area contributed by atoms with Crippen molar-refractivity contribution in [1.29, 1.82) is 0 Å². The Morgan fingerprint density at radius 2 is 1.86 bits per heavy atom. The van der Waals surface area contributed by atoms with Crippen molar-refractivity contribution >= 4 is 29.3 Å². The first-order valence-corrected chi connectivity index (χ1v) is 12.9. The second-order valence-corrected chi connectivity index (χ2v) is 10.0. The zero-order valence-electron chi connectivity index (χ0n) is 20.3. The number of nitrogens with zero attached hydrogens (tertiary/aromatic N) is 2. The van der Waals surface area contributed by atoms with Gasteiger partial charge in [-0.25, -0.2) is 4.39 Å². The molecule has 3 heterocycles. The van der Waals surface area contributed by atoms with Crippen molar-refractivity contribution < 1.29 is 28.2 Å². The molecule has 37 heavy (non-hydrogen) atoms. The quantitative estimate of drug-likeness (QED) is 0.642. The van der Waals surface area contributed by atoms with Gasteiger partial charge >= 0.3 is 0 Å². The van der Waals surface area contributed by atoms with E-state index in [4.69, 9.17) is 21.1 Å². The van der Waals surface area contributed by atoms with E-state index in [1.54, 1.807) is 29.2 Å². The normalized spacial score (nSPS) is 22.9. The summed E-state index contributed by atoms with van der Waals surface area (Å²) in [5, 5.41) is 3.27. The minimum Gasteiger partial charge on any atom is -0.376 e. The Morgan fingerprint density at radius 1 is 1.08 bits per heavy atom. The first-order valence-electron chi connectivity index (χ1n) is 12.5. The van der Waals surface area contributed by atoms with Gasteiger partial charge in [-0.3, -0.25) is 19.3 Å². The third-order valence-corrected chi connectivity index (χ3v) is 7.65. The van der Waals surface area contributed by atoms with Crippen molar-refractivity contribution in [2.24, 2.45) is 0 Å². The number of halogens is 2. The van der Waals surface area contributed by atoms with Crippen LogP contribution < -0.4 is 5.32 Å². The molecule has 2 atom stereocenters. The molecule has 5 rings (SSSR count). The van der Waals surface area contributed by atoms with Gasteiger partial charge in [0.15, 0.2) is 0 Å². The van der Waals surface area contributed by atoms with Gasteiger partial charge < -0.3 is 19.7 Å². The Kier molecular flexibility index (Phi) is 7.46. The van der Waals surface area contributed by atoms with Gasteiger partial charge in [-0.1, -0.05) is 29.8 Å². The highest BCUT2D eigenvalue weighted by molar-refractivity contribution is 6.33. The lowest BCUT2D eigenvalue weighted by Gasteiger charge is -2.44. The lowest BCUT2D eigenvalue weighted by molar-refractivity contribution is -0.128. The van der Waals surface area contributed by atoms with E-state index in [0.29, 0.717) is 49.7 Å². The second kappa shape index (κ2) is 10.8. The summed E-state index contributed by atoms with van der Waals surface area (Å²) in [4.78, 5) is 43.2. The molecule has 8 nitrogen and oxygen atoms in total. The molecule has 3 aliphatic heterocycles. The van der Waals surface area contributed by atoms with Gasteiger partial charge in [0.05, 0.1) is 23.3 Å². The molecule has 3 saturated heterocycles. The summed E-state index contributed by atoms with van der Waals surface area (Å²) in [6, 6.07) is 11.4. The Balaban J connectivity index is 1.36. The van der Waals surface area contributed by atoms with Crippen molar-refractivity contribution in [1.82, 2.24) is 15.1 Å². The fourth-order valence-corrected chi connectivity index (χ4v) is 5.55. The number of hydrogen-bond donors (Lipinski definition) is 1. The topological polar surface area (TPSA) is 88.2 Å². The SMILES string of the molecule is O=C(NC[C@H]1CCCO1)[C@@H]1COC2(CCN(C(=O)c3ccccc3Cl)CC2)N1C(=O)c1cccc(F)c1. The van der Waals surface area contributed by atoms with Crippen molar-refractivity contribution in [3.05, 3.63) is 70.5 Å². The molecule has 3 aliphatic rings. The number of rotatable bonds is 5. The number of likely N-dealkylation sites (tertiary alicyclic amines) is 1. The highest BCUT2D eigenvalue weighted by Gasteiger charge is 2.54. The summed E-state index contributed by atoms with van der Waals surface area (Å²) in [6.45, 7) is 1.65. The van der Waals surface area contributed by atoms with E-state index in [0.717, 1.165) is 18.9 Å². The number of carbonyl (C=O) groups is 3. The van der Waals surface area contributed by atoms with E-state index >= 15 is 0 Å². The first-order chi connectivity index (χ1) is 17.9. The standard InChI is InChI=1S/C27H29ClFN3O5/c28-22-9-2-1-8-21(22)26(35)31-12-10-27(11-13-31)32(25(34)18-5-3-6-19(29)15-18)23(17-37-27)24(33)30-16-20-7-4-14-36-20/h1-3,5-6,8-9,15,20,23H,4,7,10-14,16-17H2,(H,30,33)/t20-,23+/m1/s1. The lowest BCUT2D eigenvalue weighted by atomic mass is 9.96. The van der Waals surface area contributed by atoms with E-state index in [1.807, 2.05) is 0 Å². The van der Waals surface area contributed by atoms with Gasteiger partial charge in [0.1, 0.15) is 17.6 Å². The average molecular weight is 530 g/mol. The van der Waals surface area contributed by atoms with Crippen LogP contribution in [0.15, 0.2) is 48.5 Å². The minimum atomic E-state index is -1.09. The number of benzene rings is 2. The lowest BCUT2D eigenvalue weighted by Crippen LogP contribution is -2.60. The second-order valence-electron chi connectivity index (χ2n) is 9.61. The van der Waals surface area contributed by atoms with Crippen LogP contribution in [0.25, 0.3) is 0 Å². The number of amides is 3. The highest BCUT2D eigenvalue weighted by Crippen LogP contribution is 2.39. The van der Waals surface area contributed by atoms with Crippen molar-refractivity contribution in [2.45, 2.75) is 43.6 Å². The van der Waals surface area contributed by atoms with Crippen LogP contribution in [-0.2, 0) is 14.3 Å².